The van der Waals surface area contributed by atoms with Gasteiger partial charge in [0.25, 0.3) is 5.56 Å². The van der Waals surface area contributed by atoms with E-state index in [9.17, 15) is 13.4 Å². The molecule has 2 aromatic carbocycles. The number of aryl methyl sites for hydroxylation is 1. The summed E-state index contributed by atoms with van der Waals surface area (Å²) in [6, 6.07) is 11.6. The second kappa shape index (κ2) is 10.4. The number of rotatable bonds is 6. The van der Waals surface area contributed by atoms with Gasteiger partial charge in [0, 0.05) is 77.3 Å². The number of benzene rings is 2. The summed E-state index contributed by atoms with van der Waals surface area (Å²) in [7, 11) is -2.50. The zero-order chi connectivity index (χ0) is 27.0. The highest BCUT2D eigenvalue weighted by Gasteiger charge is 2.18. The summed E-state index contributed by atoms with van der Waals surface area (Å²) in [6.45, 7) is 5.32. The smallest absolute Gasteiger partial charge is 0.260 e. The van der Waals surface area contributed by atoms with Crippen LogP contribution in [0.15, 0.2) is 58.4 Å². The molecule has 2 aromatic heterocycles. The van der Waals surface area contributed by atoms with Gasteiger partial charge in [-0.15, -0.1) is 0 Å². The quantitative estimate of drug-likeness (QED) is 0.346. The predicted octanol–water partition coefficient (Wildman–Crippen LogP) is 4.13. The number of fused-ring (bicyclic) bond motifs is 1. The van der Waals surface area contributed by atoms with Gasteiger partial charge < -0.3 is 15.5 Å². The largest absolute Gasteiger partial charge is 0.367 e. The normalized spacial score (nSPS) is 15.4. The molecule has 0 saturated carbocycles. The van der Waals surface area contributed by atoms with Gasteiger partial charge in [-0.2, -0.15) is 4.98 Å². The van der Waals surface area contributed by atoms with E-state index in [1.54, 1.807) is 42.6 Å². The van der Waals surface area contributed by atoms with Gasteiger partial charge in [-0.25, -0.2) is 9.37 Å². The summed E-state index contributed by atoms with van der Waals surface area (Å²) in [5.74, 6) is 3.65. The Labute approximate surface area is 225 Å². The maximum Gasteiger partial charge on any atom is 0.260 e. The number of aromatic nitrogens is 3. The first-order chi connectivity index (χ1) is 18.2. The van der Waals surface area contributed by atoms with Crippen molar-refractivity contribution in [3.05, 3.63) is 69.9 Å². The van der Waals surface area contributed by atoms with Gasteiger partial charge in [0.05, 0.1) is 5.69 Å². The number of anilines is 3. The Kier molecular flexibility index (Phi) is 7.13. The van der Waals surface area contributed by atoms with Crippen molar-refractivity contribution in [1.29, 1.82) is 0 Å². The number of pyridine rings is 1. The molecule has 1 aliphatic rings. The molecule has 11 heteroatoms. The van der Waals surface area contributed by atoms with E-state index in [1.165, 1.54) is 16.9 Å². The number of hydrogen-bond donors (Lipinski definition) is 2. The Morgan fingerprint density at radius 2 is 1.92 bits per heavy atom. The van der Waals surface area contributed by atoms with Crippen molar-refractivity contribution in [2.45, 2.75) is 18.4 Å². The number of halogens is 2. The maximum atomic E-state index is 14.9. The van der Waals surface area contributed by atoms with Crippen molar-refractivity contribution in [3.8, 4) is 11.1 Å². The fourth-order valence-corrected chi connectivity index (χ4v) is 5.50. The van der Waals surface area contributed by atoms with Gasteiger partial charge in [-0.3, -0.25) is 13.6 Å². The molecular formula is C27H28ClFN6O2S. The highest BCUT2D eigenvalue weighted by molar-refractivity contribution is 7.99. The number of piperazine rings is 1. The molecule has 0 amide bonds. The number of nitrogens with zero attached hydrogens (tertiary/aromatic N) is 4. The van der Waals surface area contributed by atoms with Crippen LogP contribution < -0.4 is 21.1 Å². The van der Waals surface area contributed by atoms with Crippen LogP contribution in [0.3, 0.4) is 0 Å². The van der Waals surface area contributed by atoms with E-state index in [0.717, 1.165) is 26.2 Å². The third kappa shape index (κ3) is 5.11. The van der Waals surface area contributed by atoms with Gasteiger partial charge >= 0.3 is 0 Å². The molecule has 1 saturated heterocycles. The fraction of sp³-hybridized carbons (Fsp3) is 0.259. The summed E-state index contributed by atoms with van der Waals surface area (Å²) in [5, 5.41) is 7.30. The molecule has 8 nitrogen and oxygen atoms in total. The van der Waals surface area contributed by atoms with Crippen LogP contribution in [-0.2, 0) is 16.1 Å². The minimum Gasteiger partial charge on any atom is -0.367 e. The van der Waals surface area contributed by atoms with Crippen LogP contribution in [-0.4, -0.2) is 57.0 Å². The Hall–Kier alpha value is -3.47. The molecular weight excluding hydrogens is 527 g/mol. The maximum absolute atomic E-state index is 14.9. The first-order valence-electron chi connectivity index (χ1n) is 12.2. The lowest BCUT2D eigenvalue weighted by molar-refractivity contribution is 0.566. The van der Waals surface area contributed by atoms with Gasteiger partial charge in [0.2, 0.25) is 5.95 Å². The molecule has 0 bridgehead atoms. The Balaban J connectivity index is 1.51. The number of hydrogen-bond acceptors (Lipinski definition) is 7. The van der Waals surface area contributed by atoms with Crippen LogP contribution in [0.2, 0.25) is 5.02 Å². The minimum atomic E-state index is -2.50. The first kappa shape index (κ1) is 26.1. The molecule has 2 N–H and O–H groups in total. The Morgan fingerprint density at radius 3 is 2.61 bits per heavy atom. The van der Waals surface area contributed by atoms with Crippen molar-refractivity contribution < 1.29 is 8.60 Å². The van der Waals surface area contributed by atoms with E-state index in [1.807, 2.05) is 11.8 Å². The average Bonchev–Trinajstić information content (AvgIpc) is 2.89. The molecule has 1 fully saturated rings. The van der Waals surface area contributed by atoms with Gasteiger partial charge in [-0.1, -0.05) is 11.6 Å². The standard InChI is InChI=1S/C27H28ClFN6O2S/c1-4-35-25-17(13-21(26(35)36)20-15-19(38(2,3)37)6-7-22(20)28)16-31-27(33-25)32-18-5-8-24(23(29)14-18)34-11-9-30-10-12-34/h5-8,13-16,30H,2,4,9-12H2,1,3H3,(H,31,32,33). The Morgan fingerprint density at radius 1 is 1.16 bits per heavy atom. The van der Waals surface area contributed by atoms with Crippen LogP contribution in [0.25, 0.3) is 22.2 Å². The van der Waals surface area contributed by atoms with E-state index in [2.05, 4.69) is 26.5 Å². The van der Waals surface area contributed by atoms with E-state index in [0.29, 0.717) is 50.0 Å². The van der Waals surface area contributed by atoms with Gasteiger partial charge in [0.15, 0.2) is 0 Å². The Bertz CT molecular complexity index is 1700. The molecule has 5 rings (SSSR count). The number of nitrogens with one attached hydrogen (secondary N) is 2. The predicted molar refractivity (Wildman–Crippen MR) is 154 cm³/mol. The second-order valence-electron chi connectivity index (χ2n) is 9.25. The topological polar surface area (TPSA) is 92.2 Å². The lowest BCUT2D eigenvalue weighted by Gasteiger charge is -2.29. The lowest BCUT2D eigenvalue weighted by Crippen LogP contribution is -2.43. The second-order valence-corrected chi connectivity index (χ2v) is 12.1. The van der Waals surface area contributed by atoms with Crippen molar-refractivity contribution >= 4 is 55.3 Å². The molecule has 38 heavy (non-hydrogen) atoms. The van der Waals surface area contributed by atoms with E-state index >= 15 is 0 Å². The first-order valence-corrected chi connectivity index (χ1v) is 14.7. The molecule has 1 atom stereocenters. The summed E-state index contributed by atoms with van der Waals surface area (Å²) in [6.07, 6.45) is 3.14. The molecule has 3 heterocycles. The molecule has 0 aliphatic carbocycles. The highest BCUT2D eigenvalue weighted by Crippen LogP contribution is 2.30. The van der Waals surface area contributed by atoms with Crippen LogP contribution in [0.5, 0.6) is 0 Å². The molecule has 1 unspecified atom stereocenters. The highest BCUT2D eigenvalue weighted by atomic mass is 35.5. The van der Waals surface area contributed by atoms with Crippen LogP contribution in [0.4, 0.5) is 21.7 Å². The minimum absolute atomic E-state index is 0.240. The van der Waals surface area contributed by atoms with Crippen molar-refractivity contribution in [3.63, 3.8) is 0 Å². The monoisotopic (exact) mass is 554 g/mol. The molecule has 0 radical (unpaired) electrons. The summed E-state index contributed by atoms with van der Waals surface area (Å²) < 4.78 is 28.9. The van der Waals surface area contributed by atoms with Crippen LogP contribution in [0.1, 0.15) is 6.92 Å². The fourth-order valence-electron chi connectivity index (χ4n) is 4.56. The summed E-state index contributed by atoms with van der Waals surface area (Å²) in [4.78, 5) is 25.0. The van der Waals surface area contributed by atoms with Crippen molar-refractivity contribution in [2.24, 2.45) is 0 Å². The van der Waals surface area contributed by atoms with Crippen molar-refractivity contribution in [1.82, 2.24) is 19.9 Å². The molecule has 0 spiro atoms. The van der Waals surface area contributed by atoms with E-state index in [4.69, 9.17) is 11.6 Å². The molecule has 4 aromatic rings. The lowest BCUT2D eigenvalue weighted by atomic mass is 10.1. The summed E-state index contributed by atoms with van der Waals surface area (Å²) in [5.41, 5.74) is 2.03. The molecule has 198 valence electrons. The molecule has 1 aliphatic heterocycles. The van der Waals surface area contributed by atoms with Crippen molar-refractivity contribution in [2.75, 3.05) is 42.7 Å². The van der Waals surface area contributed by atoms with Gasteiger partial charge in [-0.05, 0) is 64.8 Å². The van der Waals surface area contributed by atoms with E-state index in [-0.39, 0.29) is 17.3 Å². The zero-order valence-electron chi connectivity index (χ0n) is 21.1. The third-order valence-corrected chi connectivity index (χ3v) is 8.11. The van der Waals surface area contributed by atoms with Gasteiger partial charge in [0.1, 0.15) is 11.5 Å². The zero-order valence-corrected chi connectivity index (χ0v) is 22.7. The van der Waals surface area contributed by atoms with E-state index < -0.39 is 9.52 Å². The SMILES string of the molecule is C=S(C)(=O)c1ccc(Cl)c(-c2cc3cnc(Nc4ccc(N5CCNCC5)c(F)c4)nc3n(CC)c2=O)c1. The van der Waals surface area contributed by atoms with Crippen LogP contribution in [0, 0.1) is 5.82 Å². The van der Waals surface area contributed by atoms with Crippen LogP contribution >= 0.6 is 11.6 Å². The summed E-state index contributed by atoms with van der Waals surface area (Å²) >= 11 is 6.45. The third-order valence-electron chi connectivity index (χ3n) is 6.53. The average molecular weight is 555 g/mol.